The van der Waals surface area contributed by atoms with Crippen molar-refractivity contribution in [2.24, 2.45) is 0 Å². The molecule has 0 radical (unpaired) electrons. The van der Waals surface area contributed by atoms with Gasteiger partial charge in [-0.3, -0.25) is 19.9 Å². The number of hydrogen-bond acceptors (Lipinski definition) is 5. The molecular formula is C21H30N4O4. The molecule has 3 rings (SSSR count). The Labute approximate surface area is 171 Å². The van der Waals surface area contributed by atoms with Crippen molar-refractivity contribution >= 4 is 17.8 Å². The average Bonchev–Trinajstić information content (AvgIpc) is 3.30. The summed E-state index contributed by atoms with van der Waals surface area (Å²) in [4.78, 5) is 40.2. The minimum atomic E-state index is -1.25. The Morgan fingerprint density at radius 1 is 1.28 bits per heavy atom. The molecule has 158 valence electrons. The van der Waals surface area contributed by atoms with E-state index in [-0.39, 0.29) is 18.5 Å². The van der Waals surface area contributed by atoms with Crippen LogP contribution < -0.4 is 15.5 Å². The third-order valence-corrected chi connectivity index (χ3v) is 5.88. The van der Waals surface area contributed by atoms with Crippen LogP contribution in [0.5, 0.6) is 5.75 Å². The summed E-state index contributed by atoms with van der Waals surface area (Å²) in [5, 5.41) is 3.48. The Morgan fingerprint density at radius 3 is 2.45 bits per heavy atom. The van der Waals surface area contributed by atoms with Crippen molar-refractivity contribution in [3.63, 3.8) is 0 Å². The van der Waals surface area contributed by atoms with Crippen molar-refractivity contribution in [1.29, 1.82) is 0 Å². The Bertz CT molecular complexity index is 773. The molecule has 1 unspecified atom stereocenters. The number of rotatable bonds is 7. The first-order chi connectivity index (χ1) is 13.8. The lowest BCUT2D eigenvalue weighted by Gasteiger charge is -2.32. The van der Waals surface area contributed by atoms with Gasteiger partial charge in [-0.25, -0.2) is 4.79 Å². The summed E-state index contributed by atoms with van der Waals surface area (Å²) in [6.45, 7) is 5.89. The second-order valence-corrected chi connectivity index (χ2v) is 8.16. The van der Waals surface area contributed by atoms with Crippen LogP contribution in [0, 0.1) is 0 Å². The number of methoxy groups -OCH3 is 1. The van der Waals surface area contributed by atoms with E-state index in [1.165, 1.54) is 12.8 Å². The smallest absolute Gasteiger partial charge is 0.344 e. The van der Waals surface area contributed by atoms with Crippen LogP contribution in [0.3, 0.4) is 0 Å². The summed E-state index contributed by atoms with van der Waals surface area (Å²) in [5.41, 5.74) is 1.87. The summed E-state index contributed by atoms with van der Waals surface area (Å²) in [5.74, 6) is -0.231. The predicted octanol–water partition coefficient (Wildman–Crippen LogP) is 2.15. The van der Waals surface area contributed by atoms with Crippen molar-refractivity contribution in [2.45, 2.75) is 64.1 Å². The molecule has 1 heterocycles. The number of ether oxygens (including phenoxy) is 1. The number of carbonyl (C=O) groups is 3. The molecule has 2 N–H and O–H groups in total. The van der Waals surface area contributed by atoms with E-state index in [4.69, 9.17) is 4.74 Å². The van der Waals surface area contributed by atoms with Crippen LogP contribution in [0.1, 0.15) is 52.0 Å². The fraction of sp³-hybridized carbons (Fsp3) is 0.571. The standard InChI is InChI=1S/C21H30N4O4/c1-14(2)24(16-7-5-6-8-16)13-18(26)23-25-19(27)21(3,22-20(25)28)15-9-11-17(29-4)12-10-15/h9-12,14,16H,5-8,13H2,1-4H3,(H,22,28)(H,23,26). The molecule has 1 aromatic carbocycles. The minimum Gasteiger partial charge on any atom is -0.497 e. The summed E-state index contributed by atoms with van der Waals surface area (Å²) in [7, 11) is 1.56. The Kier molecular flexibility index (Phi) is 6.12. The number of hydrazine groups is 1. The lowest BCUT2D eigenvalue weighted by molar-refractivity contribution is -0.139. The molecule has 1 saturated carbocycles. The van der Waals surface area contributed by atoms with Gasteiger partial charge < -0.3 is 10.1 Å². The Morgan fingerprint density at radius 2 is 1.90 bits per heavy atom. The number of hydrogen-bond donors (Lipinski definition) is 2. The number of carbonyl (C=O) groups excluding carboxylic acids is 3. The molecule has 4 amide bonds. The molecular weight excluding hydrogens is 372 g/mol. The summed E-state index contributed by atoms with van der Waals surface area (Å²) in [6, 6.07) is 6.84. The zero-order valence-corrected chi connectivity index (χ0v) is 17.5. The molecule has 0 spiro atoms. The van der Waals surface area contributed by atoms with E-state index in [2.05, 4.69) is 29.5 Å². The monoisotopic (exact) mass is 402 g/mol. The van der Waals surface area contributed by atoms with Gasteiger partial charge in [-0.05, 0) is 51.3 Å². The lowest BCUT2D eigenvalue weighted by Crippen LogP contribution is -2.52. The number of nitrogens with zero attached hydrogens (tertiary/aromatic N) is 2. The van der Waals surface area contributed by atoms with Gasteiger partial charge in [0.05, 0.1) is 13.7 Å². The predicted molar refractivity (Wildman–Crippen MR) is 108 cm³/mol. The number of nitrogens with one attached hydrogen (secondary N) is 2. The SMILES string of the molecule is COc1ccc(C2(C)NC(=O)N(NC(=O)CN(C(C)C)C3CCCC3)C2=O)cc1. The van der Waals surface area contributed by atoms with Crippen LogP contribution >= 0.6 is 0 Å². The minimum absolute atomic E-state index is 0.151. The second-order valence-electron chi connectivity index (χ2n) is 8.16. The molecule has 29 heavy (non-hydrogen) atoms. The first-order valence-corrected chi connectivity index (χ1v) is 10.1. The van der Waals surface area contributed by atoms with Gasteiger partial charge >= 0.3 is 6.03 Å². The summed E-state index contributed by atoms with van der Waals surface area (Å²) < 4.78 is 5.14. The molecule has 0 aromatic heterocycles. The molecule has 2 aliphatic rings. The highest BCUT2D eigenvalue weighted by Crippen LogP contribution is 2.29. The highest BCUT2D eigenvalue weighted by atomic mass is 16.5. The maximum absolute atomic E-state index is 13.0. The van der Waals surface area contributed by atoms with Crippen molar-refractivity contribution in [2.75, 3.05) is 13.7 Å². The largest absolute Gasteiger partial charge is 0.497 e. The topological polar surface area (TPSA) is 91.0 Å². The Hall–Kier alpha value is -2.61. The molecule has 1 aliphatic heterocycles. The van der Waals surface area contributed by atoms with Crippen molar-refractivity contribution < 1.29 is 19.1 Å². The molecule has 1 saturated heterocycles. The summed E-state index contributed by atoms with van der Waals surface area (Å²) >= 11 is 0. The van der Waals surface area contributed by atoms with Crippen LogP contribution in [-0.2, 0) is 15.1 Å². The van der Waals surface area contributed by atoms with E-state index in [0.717, 1.165) is 17.9 Å². The molecule has 1 aromatic rings. The van der Waals surface area contributed by atoms with Gasteiger partial charge in [-0.1, -0.05) is 25.0 Å². The van der Waals surface area contributed by atoms with E-state index < -0.39 is 17.5 Å². The lowest BCUT2D eigenvalue weighted by atomic mass is 9.92. The van der Waals surface area contributed by atoms with Gasteiger partial charge in [-0.2, -0.15) is 5.01 Å². The van der Waals surface area contributed by atoms with Crippen molar-refractivity contribution in [3.8, 4) is 5.75 Å². The van der Waals surface area contributed by atoms with E-state index in [0.29, 0.717) is 17.4 Å². The van der Waals surface area contributed by atoms with Crippen LogP contribution in [0.25, 0.3) is 0 Å². The first kappa shape index (κ1) is 21.1. The first-order valence-electron chi connectivity index (χ1n) is 10.1. The van der Waals surface area contributed by atoms with Gasteiger partial charge in [0.1, 0.15) is 11.3 Å². The van der Waals surface area contributed by atoms with E-state index >= 15 is 0 Å². The maximum atomic E-state index is 13.0. The van der Waals surface area contributed by atoms with Crippen LogP contribution in [0.15, 0.2) is 24.3 Å². The highest BCUT2D eigenvalue weighted by Gasteiger charge is 2.50. The quantitative estimate of drug-likeness (QED) is 0.682. The van der Waals surface area contributed by atoms with E-state index in [9.17, 15) is 14.4 Å². The zero-order valence-electron chi connectivity index (χ0n) is 17.5. The third-order valence-electron chi connectivity index (χ3n) is 5.88. The van der Waals surface area contributed by atoms with Crippen LogP contribution in [0.2, 0.25) is 0 Å². The number of imide groups is 1. The van der Waals surface area contributed by atoms with Crippen LogP contribution in [-0.4, -0.2) is 53.5 Å². The number of urea groups is 1. The second kappa shape index (κ2) is 8.41. The Balaban J connectivity index is 1.69. The molecule has 8 heteroatoms. The molecule has 2 fully saturated rings. The van der Waals surface area contributed by atoms with E-state index in [1.807, 2.05) is 0 Å². The third kappa shape index (κ3) is 4.22. The van der Waals surface area contributed by atoms with Crippen LogP contribution in [0.4, 0.5) is 4.79 Å². The maximum Gasteiger partial charge on any atom is 0.344 e. The van der Waals surface area contributed by atoms with Gasteiger partial charge in [0.25, 0.3) is 11.8 Å². The van der Waals surface area contributed by atoms with Gasteiger partial charge in [0.15, 0.2) is 0 Å². The zero-order chi connectivity index (χ0) is 21.2. The normalized spacial score (nSPS) is 22.5. The summed E-state index contributed by atoms with van der Waals surface area (Å²) in [6.07, 6.45) is 4.49. The number of amides is 4. The number of benzene rings is 1. The highest BCUT2D eigenvalue weighted by molar-refractivity contribution is 6.08. The molecule has 1 atom stereocenters. The average molecular weight is 402 g/mol. The van der Waals surface area contributed by atoms with E-state index in [1.54, 1.807) is 38.3 Å². The van der Waals surface area contributed by atoms with Gasteiger partial charge in [0.2, 0.25) is 0 Å². The van der Waals surface area contributed by atoms with Gasteiger partial charge in [-0.15, -0.1) is 0 Å². The fourth-order valence-corrected chi connectivity index (χ4v) is 4.16. The van der Waals surface area contributed by atoms with Crippen molar-refractivity contribution in [1.82, 2.24) is 20.7 Å². The van der Waals surface area contributed by atoms with Gasteiger partial charge in [0, 0.05) is 12.1 Å². The molecule has 1 aliphatic carbocycles. The fourth-order valence-electron chi connectivity index (χ4n) is 4.16. The molecule has 8 nitrogen and oxygen atoms in total. The molecule has 0 bridgehead atoms. The van der Waals surface area contributed by atoms with Crippen molar-refractivity contribution in [3.05, 3.63) is 29.8 Å².